The van der Waals surface area contributed by atoms with E-state index in [9.17, 15) is 4.79 Å². The molecule has 0 atom stereocenters. The first kappa shape index (κ1) is 12.4. The van der Waals surface area contributed by atoms with Gasteiger partial charge in [-0.15, -0.1) is 0 Å². The van der Waals surface area contributed by atoms with E-state index >= 15 is 0 Å². The van der Waals surface area contributed by atoms with Crippen molar-refractivity contribution in [3.05, 3.63) is 53.3 Å². The number of benzene rings is 1. The molecule has 0 saturated carbocycles. The summed E-state index contributed by atoms with van der Waals surface area (Å²) in [4.78, 5) is 15.8. The molecule has 2 rings (SSSR count). The number of hydrogen-bond acceptors (Lipinski definition) is 3. The zero-order valence-electron chi connectivity index (χ0n) is 9.68. The maximum absolute atomic E-state index is 12.0. The van der Waals surface area contributed by atoms with Crippen LogP contribution in [0.5, 0.6) is 5.75 Å². The molecule has 0 fully saturated rings. The molecule has 0 aliphatic carbocycles. The van der Waals surface area contributed by atoms with Crippen LogP contribution < -0.4 is 10.1 Å². The molecule has 1 N–H and O–H groups in total. The van der Waals surface area contributed by atoms with Gasteiger partial charge < -0.3 is 10.1 Å². The average molecular weight is 263 g/mol. The lowest BCUT2D eigenvalue weighted by Crippen LogP contribution is -2.12. The standard InChI is InChI=1S/C13H11ClN2O2/c1-18-10-4-2-3-9(7-10)16-13(17)11-5-6-15-8-12(11)14/h2-8H,1H3,(H,16,17). The van der Waals surface area contributed by atoms with Crippen LogP contribution >= 0.6 is 11.6 Å². The van der Waals surface area contributed by atoms with Crippen molar-refractivity contribution in [2.75, 3.05) is 12.4 Å². The molecule has 2 aromatic rings. The highest BCUT2D eigenvalue weighted by atomic mass is 35.5. The molecular weight excluding hydrogens is 252 g/mol. The molecular formula is C13H11ClN2O2. The van der Waals surface area contributed by atoms with E-state index in [1.165, 1.54) is 12.4 Å². The van der Waals surface area contributed by atoms with Crippen LogP contribution in [-0.2, 0) is 0 Å². The number of carbonyl (C=O) groups is 1. The Balaban J connectivity index is 2.19. The largest absolute Gasteiger partial charge is 0.497 e. The third-order valence-corrected chi connectivity index (χ3v) is 2.65. The Morgan fingerprint density at radius 2 is 2.22 bits per heavy atom. The Bertz CT molecular complexity index is 572. The highest BCUT2D eigenvalue weighted by Gasteiger charge is 2.10. The Hall–Kier alpha value is -2.07. The molecule has 0 bridgehead atoms. The Morgan fingerprint density at radius 1 is 1.39 bits per heavy atom. The maximum atomic E-state index is 12.0. The van der Waals surface area contributed by atoms with Crippen molar-refractivity contribution < 1.29 is 9.53 Å². The van der Waals surface area contributed by atoms with E-state index in [4.69, 9.17) is 16.3 Å². The summed E-state index contributed by atoms with van der Waals surface area (Å²) in [5.41, 5.74) is 1.03. The van der Waals surface area contributed by atoms with Gasteiger partial charge in [0.2, 0.25) is 0 Å². The van der Waals surface area contributed by atoms with Gasteiger partial charge in [0.25, 0.3) is 5.91 Å². The number of anilines is 1. The molecule has 0 radical (unpaired) electrons. The van der Waals surface area contributed by atoms with Gasteiger partial charge in [0.15, 0.2) is 0 Å². The van der Waals surface area contributed by atoms with Gasteiger partial charge in [0.05, 0.1) is 17.7 Å². The summed E-state index contributed by atoms with van der Waals surface area (Å²) in [5, 5.41) is 3.06. The second-order valence-corrected chi connectivity index (χ2v) is 3.95. The van der Waals surface area contributed by atoms with Crippen LogP contribution in [0.2, 0.25) is 5.02 Å². The summed E-state index contributed by atoms with van der Waals surface area (Å²) in [6.45, 7) is 0. The minimum Gasteiger partial charge on any atom is -0.497 e. The number of rotatable bonds is 3. The second-order valence-electron chi connectivity index (χ2n) is 3.54. The zero-order valence-corrected chi connectivity index (χ0v) is 10.4. The van der Waals surface area contributed by atoms with Crippen molar-refractivity contribution in [2.45, 2.75) is 0 Å². The van der Waals surface area contributed by atoms with Gasteiger partial charge in [-0.05, 0) is 18.2 Å². The number of aromatic nitrogens is 1. The van der Waals surface area contributed by atoms with Crippen LogP contribution in [-0.4, -0.2) is 18.0 Å². The van der Waals surface area contributed by atoms with E-state index in [2.05, 4.69) is 10.3 Å². The second kappa shape index (κ2) is 5.51. The Kier molecular flexibility index (Phi) is 3.79. The number of halogens is 1. The molecule has 92 valence electrons. The predicted molar refractivity (Wildman–Crippen MR) is 70.2 cm³/mol. The van der Waals surface area contributed by atoms with Crippen LogP contribution in [0.1, 0.15) is 10.4 Å². The molecule has 1 heterocycles. The summed E-state index contributed by atoms with van der Waals surface area (Å²) in [7, 11) is 1.57. The summed E-state index contributed by atoms with van der Waals surface area (Å²) < 4.78 is 5.08. The lowest BCUT2D eigenvalue weighted by Gasteiger charge is -2.07. The zero-order chi connectivity index (χ0) is 13.0. The molecule has 1 amide bonds. The fourth-order valence-corrected chi connectivity index (χ4v) is 1.66. The number of ether oxygens (including phenoxy) is 1. The van der Waals surface area contributed by atoms with Gasteiger partial charge in [0, 0.05) is 24.1 Å². The van der Waals surface area contributed by atoms with Gasteiger partial charge in [-0.25, -0.2) is 0 Å². The van der Waals surface area contributed by atoms with Crippen LogP contribution in [0.25, 0.3) is 0 Å². The first-order valence-electron chi connectivity index (χ1n) is 5.25. The topological polar surface area (TPSA) is 51.2 Å². The minimum atomic E-state index is -0.282. The normalized spacial score (nSPS) is 9.89. The fraction of sp³-hybridized carbons (Fsp3) is 0.0769. The summed E-state index contributed by atoms with van der Waals surface area (Å²) in [5.74, 6) is 0.393. The summed E-state index contributed by atoms with van der Waals surface area (Å²) >= 11 is 5.90. The first-order chi connectivity index (χ1) is 8.70. The molecule has 0 aliphatic heterocycles. The van der Waals surface area contributed by atoms with Crippen LogP contribution in [0.15, 0.2) is 42.7 Å². The van der Waals surface area contributed by atoms with E-state index in [-0.39, 0.29) is 5.91 Å². The SMILES string of the molecule is COc1cccc(NC(=O)c2ccncc2Cl)c1. The van der Waals surface area contributed by atoms with E-state index in [0.717, 1.165) is 0 Å². The van der Waals surface area contributed by atoms with Gasteiger partial charge in [-0.3, -0.25) is 9.78 Å². The smallest absolute Gasteiger partial charge is 0.257 e. The van der Waals surface area contributed by atoms with Crippen LogP contribution in [0.3, 0.4) is 0 Å². The number of nitrogens with one attached hydrogen (secondary N) is 1. The fourth-order valence-electron chi connectivity index (χ4n) is 1.46. The minimum absolute atomic E-state index is 0.282. The van der Waals surface area contributed by atoms with Crippen molar-refractivity contribution in [1.82, 2.24) is 4.98 Å². The summed E-state index contributed by atoms with van der Waals surface area (Å²) in [6, 6.07) is 8.66. The number of pyridine rings is 1. The lowest BCUT2D eigenvalue weighted by atomic mass is 10.2. The third-order valence-electron chi connectivity index (χ3n) is 2.34. The molecule has 0 spiro atoms. The van der Waals surface area contributed by atoms with Gasteiger partial charge in [-0.1, -0.05) is 17.7 Å². The van der Waals surface area contributed by atoms with Gasteiger partial charge >= 0.3 is 0 Å². The predicted octanol–water partition coefficient (Wildman–Crippen LogP) is 3.00. The molecule has 0 saturated heterocycles. The van der Waals surface area contributed by atoms with Crippen LogP contribution in [0, 0.1) is 0 Å². The average Bonchev–Trinajstić information content (AvgIpc) is 2.39. The lowest BCUT2D eigenvalue weighted by molar-refractivity contribution is 0.102. The number of carbonyl (C=O) groups excluding carboxylic acids is 1. The van der Waals surface area contributed by atoms with Crippen molar-refractivity contribution in [3.8, 4) is 5.75 Å². The first-order valence-corrected chi connectivity index (χ1v) is 5.63. The highest BCUT2D eigenvalue weighted by Crippen LogP contribution is 2.19. The number of amides is 1. The Labute approximate surface area is 110 Å². The van der Waals surface area contributed by atoms with E-state index < -0.39 is 0 Å². The van der Waals surface area contributed by atoms with E-state index in [1.54, 1.807) is 37.4 Å². The number of hydrogen-bond donors (Lipinski definition) is 1. The number of nitrogens with zero attached hydrogens (tertiary/aromatic N) is 1. The molecule has 18 heavy (non-hydrogen) atoms. The molecule has 1 aromatic carbocycles. The highest BCUT2D eigenvalue weighted by molar-refractivity contribution is 6.34. The summed E-state index contributed by atoms with van der Waals surface area (Å²) in [6.07, 6.45) is 2.95. The number of methoxy groups -OCH3 is 1. The Morgan fingerprint density at radius 3 is 2.94 bits per heavy atom. The van der Waals surface area contributed by atoms with Gasteiger partial charge in [-0.2, -0.15) is 0 Å². The van der Waals surface area contributed by atoms with E-state index in [0.29, 0.717) is 22.0 Å². The van der Waals surface area contributed by atoms with Crippen LogP contribution in [0.4, 0.5) is 5.69 Å². The molecule has 4 nitrogen and oxygen atoms in total. The maximum Gasteiger partial charge on any atom is 0.257 e. The van der Waals surface area contributed by atoms with Crippen molar-refractivity contribution in [2.24, 2.45) is 0 Å². The van der Waals surface area contributed by atoms with Crippen molar-refractivity contribution in [3.63, 3.8) is 0 Å². The monoisotopic (exact) mass is 262 g/mol. The molecule has 0 unspecified atom stereocenters. The molecule has 5 heteroatoms. The van der Waals surface area contributed by atoms with Crippen molar-refractivity contribution >= 4 is 23.2 Å². The molecule has 0 aliphatic rings. The quantitative estimate of drug-likeness (QED) is 0.925. The molecule has 1 aromatic heterocycles. The van der Waals surface area contributed by atoms with E-state index in [1.807, 2.05) is 0 Å². The van der Waals surface area contributed by atoms with Crippen molar-refractivity contribution in [1.29, 1.82) is 0 Å². The van der Waals surface area contributed by atoms with Gasteiger partial charge in [0.1, 0.15) is 5.75 Å². The third kappa shape index (κ3) is 2.78.